The number of hydroxylamine groups is 1. The largest absolute Gasteiger partial charge is 0.361 e. The molecule has 0 amide bonds. The van der Waals surface area contributed by atoms with Crippen molar-refractivity contribution >= 4 is 22.9 Å². The third-order valence-corrected chi connectivity index (χ3v) is 1.92. The van der Waals surface area contributed by atoms with Crippen LogP contribution in [0.15, 0.2) is 30.5 Å². The number of hydrogen-bond donors (Lipinski definition) is 3. The molecule has 13 heavy (non-hydrogen) atoms. The summed E-state index contributed by atoms with van der Waals surface area (Å²) in [4.78, 5) is 3.05. The molecule has 0 saturated carbocycles. The summed E-state index contributed by atoms with van der Waals surface area (Å²) in [6.45, 7) is 0. The van der Waals surface area contributed by atoms with Crippen LogP contribution in [0.25, 0.3) is 10.9 Å². The molecule has 0 radical (unpaired) electrons. The first-order chi connectivity index (χ1) is 6.31. The van der Waals surface area contributed by atoms with E-state index in [1.807, 2.05) is 18.3 Å². The number of rotatable bonds is 2. The van der Waals surface area contributed by atoms with Gasteiger partial charge in [-0.1, -0.05) is 0 Å². The molecule has 1 heterocycles. The molecule has 0 aliphatic carbocycles. The number of aromatic nitrogens is 1. The zero-order valence-corrected chi connectivity index (χ0v) is 6.86. The summed E-state index contributed by atoms with van der Waals surface area (Å²) in [5.74, 6) is 0. The maximum absolute atomic E-state index is 9.21. The lowest BCUT2D eigenvalue weighted by Crippen LogP contribution is -2.13. The Morgan fingerprint density at radius 1 is 1.38 bits per heavy atom. The molecule has 1 aromatic carbocycles. The fourth-order valence-electron chi connectivity index (χ4n) is 1.26. The van der Waals surface area contributed by atoms with Crippen molar-refractivity contribution in [3.05, 3.63) is 30.5 Å². The summed E-state index contributed by atoms with van der Waals surface area (Å²) in [7, 11) is 0. The van der Waals surface area contributed by atoms with E-state index in [4.69, 9.17) is 5.41 Å². The number of hydrogen-bond acceptors (Lipinski definition) is 2. The molecule has 0 aliphatic heterocycles. The van der Waals surface area contributed by atoms with Crippen LogP contribution < -0.4 is 5.06 Å². The molecule has 0 fully saturated rings. The number of nitrogens with one attached hydrogen (secondary N) is 2. The van der Waals surface area contributed by atoms with Gasteiger partial charge in [-0.2, -0.15) is 0 Å². The number of anilines is 1. The molecule has 0 atom stereocenters. The van der Waals surface area contributed by atoms with Crippen molar-refractivity contribution < 1.29 is 5.21 Å². The van der Waals surface area contributed by atoms with Gasteiger partial charge in [0.2, 0.25) is 0 Å². The van der Waals surface area contributed by atoms with Crippen molar-refractivity contribution in [2.45, 2.75) is 0 Å². The van der Waals surface area contributed by atoms with Gasteiger partial charge < -0.3 is 4.98 Å². The highest BCUT2D eigenvalue weighted by molar-refractivity contribution is 5.86. The van der Waals surface area contributed by atoms with Gasteiger partial charge in [0.1, 0.15) is 6.34 Å². The average Bonchev–Trinajstić information content (AvgIpc) is 2.63. The Morgan fingerprint density at radius 3 is 3.00 bits per heavy atom. The normalized spacial score (nSPS) is 10.2. The second-order valence-corrected chi connectivity index (χ2v) is 2.72. The predicted molar refractivity (Wildman–Crippen MR) is 51.3 cm³/mol. The molecule has 3 N–H and O–H groups in total. The minimum Gasteiger partial charge on any atom is -0.361 e. The quantitative estimate of drug-likeness (QED) is 0.371. The number of H-pyrrole nitrogens is 1. The van der Waals surface area contributed by atoms with Crippen molar-refractivity contribution in [1.82, 2.24) is 4.98 Å². The Morgan fingerprint density at radius 2 is 2.23 bits per heavy atom. The molecule has 0 aliphatic rings. The van der Waals surface area contributed by atoms with E-state index in [0.717, 1.165) is 22.3 Å². The molecule has 0 bridgehead atoms. The molecule has 4 nitrogen and oxygen atoms in total. The van der Waals surface area contributed by atoms with Crippen LogP contribution in [0.4, 0.5) is 5.69 Å². The number of fused-ring (bicyclic) bond motifs is 1. The Balaban J connectivity index is 2.53. The average molecular weight is 175 g/mol. The third kappa shape index (κ3) is 1.27. The zero-order chi connectivity index (χ0) is 9.26. The second-order valence-electron chi connectivity index (χ2n) is 2.72. The molecule has 0 saturated heterocycles. The molecule has 4 heteroatoms. The minimum absolute atomic E-state index is 0.585. The van der Waals surface area contributed by atoms with Gasteiger partial charge in [0.25, 0.3) is 0 Å². The van der Waals surface area contributed by atoms with Crippen molar-refractivity contribution in [2.24, 2.45) is 0 Å². The number of nitrogens with zero attached hydrogens (tertiary/aromatic N) is 1. The van der Waals surface area contributed by atoms with Gasteiger partial charge in [0.05, 0.1) is 5.69 Å². The molecular formula is C9H9N3O. The van der Waals surface area contributed by atoms with Crippen LogP contribution in [-0.4, -0.2) is 16.5 Å². The van der Waals surface area contributed by atoms with Crippen molar-refractivity contribution in [2.75, 3.05) is 5.06 Å². The first kappa shape index (κ1) is 7.82. The maximum Gasteiger partial charge on any atom is 0.113 e. The van der Waals surface area contributed by atoms with Gasteiger partial charge in [-0.3, -0.25) is 10.6 Å². The Bertz CT molecular complexity index is 435. The summed E-state index contributed by atoms with van der Waals surface area (Å²) >= 11 is 0. The van der Waals surface area contributed by atoms with Gasteiger partial charge in [0.15, 0.2) is 0 Å². The van der Waals surface area contributed by atoms with Crippen molar-refractivity contribution in [3.63, 3.8) is 0 Å². The van der Waals surface area contributed by atoms with Crippen LogP contribution in [0.1, 0.15) is 0 Å². The van der Waals surface area contributed by atoms with Crippen LogP contribution in [0.5, 0.6) is 0 Å². The van der Waals surface area contributed by atoms with E-state index in [-0.39, 0.29) is 0 Å². The van der Waals surface area contributed by atoms with Gasteiger partial charge in [-0.05, 0) is 24.3 Å². The van der Waals surface area contributed by atoms with E-state index >= 15 is 0 Å². The van der Waals surface area contributed by atoms with Gasteiger partial charge in [-0.15, -0.1) is 0 Å². The SMILES string of the molecule is N=CN(O)c1ccc2[nH]ccc2c1. The zero-order valence-electron chi connectivity index (χ0n) is 6.86. The molecule has 66 valence electrons. The summed E-state index contributed by atoms with van der Waals surface area (Å²) in [5.41, 5.74) is 1.60. The number of benzene rings is 1. The highest BCUT2D eigenvalue weighted by atomic mass is 16.5. The first-order valence-electron chi connectivity index (χ1n) is 3.87. The lowest BCUT2D eigenvalue weighted by Gasteiger charge is -2.09. The fourth-order valence-corrected chi connectivity index (χ4v) is 1.26. The highest BCUT2D eigenvalue weighted by Gasteiger charge is 2.00. The van der Waals surface area contributed by atoms with E-state index in [1.165, 1.54) is 0 Å². The smallest absolute Gasteiger partial charge is 0.113 e. The standard InChI is InChI=1S/C9H9N3O/c10-6-12(13)8-1-2-9-7(5-8)3-4-11-9/h1-6,10-11,13H. The molecule has 2 rings (SSSR count). The molecule has 2 aromatic rings. The van der Waals surface area contributed by atoms with E-state index in [2.05, 4.69) is 4.98 Å². The summed E-state index contributed by atoms with van der Waals surface area (Å²) in [6.07, 6.45) is 2.69. The van der Waals surface area contributed by atoms with Crippen LogP contribution >= 0.6 is 0 Å². The van der Waals surface area contributed by atoms with E-state index in [1.54, 1.807) is 12.1 Å². The van der Waals surface area contributed by atoms with Crippen molar-refractivity contribution in [1.29, 1.82) is 5.41 Å². The van der Waals surface area contributed by atoms with Gasteiger partial charge in [0, 0.05) is 17.1 Å². The third-order valence-electron chi connectivity index (χ3n) is 1.92. The highest BCUT2D eigenvalue weighted by Crippen LogP contribution is 2.19. The fraction of sp³-hybridized carbons (Fsp3) is 0. The second kappa shape index (κ2) is 2.91. The molecule has 0 unspecified atom stereocenters. The first-order valence-corrected chi connectivity index (χ1v) is 3.87. The lowest BCUT2D eigenvalue weighted by molar-refractivity contribution is 0.316. The van der Waals surface area contributed by atoms with Crippen molar-refractivity contribution in [3.8, 4) is 0 Å². The van der Waals surface area contributed by atoms with E-state index in [0.29, 0.717) is 5.69 Å². The van der Waals surface area contributed by atoms with Crippen LogP contribution in [-0.2, 0) is 0 Å². The Labute approximate surface area is 74.9 Å². The van der Waals surface area contributed by atoms with Gasteiger partial charge in [-0.25, -0.2) is 5.06 Å². The number of aromatic amines is 1. The van der Waals surface area contributed by atoms with Crippen LogP contribution in [0.3, 0.4) is 0 Å². The monoisotopic (exact) mass is 175 g/mol. The molecule has 1 aromatic heterocycles. The molecule has 0 spiro atoms. The summed E-state index contributed by atoms with van der Waals surface area (Å²) < 4.78 is 0. The predicted octanol–water partition coefficient (Wildman–Crippen LogP) is 1.97. The summed E-state index contributed by atoms with van der Waals surface area (Å²) in [5, 5.41) is 17.8. The van der Waals surface area contributed by atoms with Crippen LogP contribution in [0.2, 0.25) is 0 Å². The van der Waals surface area contributed by atoms with Crippen LogP contribution in [0, 0.1) is 5.41 Å². The minimum atomic E-state index is 0.585. The Kier molecular flexibility index (Phi) is 1.75. The maximum atomic E-state index is 9.21. The Hall–Kier alpha value is -1.81. The summed E-state index contributed by atoms with van der Waals surface area (Å²) in [6, 6.07) is 7.31. The van der Waals surface area contributed by atoms with E-state index in [9.17, 15) is 5.21 Å². The van der Waals surface area contributed by atoms with Gasteiger partial charge >= 0.3 is 0 Å². The molecular weight excluding hydrogens is 166 g/mol. The topological polar surface area (TPSA) is 63.1 Å². The van der Waals surface area contributed by atoms with E-state index < -0.39 is 0 Å². The lowest BCUT2D eigenvalue weighted by atomic mass is 10.2.